The molecule has 1 aromatic heterocycles. The second-order valence-electron chi connectivity index (χ2n) is 7.82. The first-order chi connectivity index (χ1) is 13.0. The van der Waals surface area contributed by atoms with Crippen molar-refractivity contribution in [3.63, 3.8) is 0 Å². The van der Waals surface area contributed by atoms with Gasteiger partial charge in [-0.25, -0.2) is 9.97 Å². The van der Waals surface area contributed by atoms with Gasteiger partial charge in [0.2, 0.25) is 5.95 Å². The van der Waals surface area contributed by atoms with Crippen LogP contribution in [-0.4, -0.2) is 39.9 Å². The lowest BCUT2D eigenvalue weighted by Crippen LogP contribution is -2.40. The minimum atomic E-state index is 0.0479. The summed E-state index contributed by atoms with van der Waals surface area (Å²) in [5.41, 5.74) is 3.35. The number of benzene rings is 1. The zero-order valence-corrected chi connectivity index (χ0v) is 16.6. The van der Waals surface area contributed by atoms with Crippen LogP contribution < -0.4 is 5.32 Å². The molecule has 0 saturated carbocycles. The highest BCUT2D eigenvalue weighted by atomic mass is 16.2. The number of likely N-dealkylation sites (tertiary alicyclic amines) is 1. The van der Waals surface area contributed by atoms with E-state index in [-0.39, 0.29) is 11.9 Å². The smallest absolute Gasteiger partial charge is 0.257 e. The topological polar surface area (TPSA) is 58.1 Å². The van der Waals surface area contributed by atoms with Gasteiger partial charge in [0.15, 0.2) is 0 Å². The normalized spacial score (nSPS) is 17.2. The molecule has 0 radical (unpaired) electrons. The molecule has 3 rings (SSSR count). The van der Waals surface area contributed by atoms with Crippen molar-refractivity contribution in [3.8, 4) is 0 Å². The first-order valence-electron chi connectivity index (χ1n) is 9.95. The molecule has 2 heterocycles. The highest BCUT2D eigenvalue weighted by Crippen LogP contribution is 2.23. The molecular formula is C22H30N4O. The molecule has 5 heteroatoms. The van der Waals surface area contributed by atoms with Crippen LogP contribution in [0, 0.1) is 12.8 Å². The molecule has 0 aliphatic carbocycles. The van der Waals surface area contributed by atoms with E-state index in [2.05, 4.69) is 46.5 Å². The van der Waals surface area contributed by atoms with E-state index in [0.717, 1.165) is 32.4 Å². The van der Waals surface area contributed by atoms with Crippen molar-refractivity contribution in [1.29, 1.82) is 0 Å². The summed E-state index contributed by atoms with van der Waals surface area (Å²) in [5, 5.41) is 3.15. The molecule has 2 aromatic rings. The monoisotopic (exact) mass is 366 g/mol. The molecule has 144 valence electrons. The van der Waals surface area contributed by atoms with E-state index in [1.54, 1.807) is 12.4 Å². The lowest BCUT2D eigenvalue weighted by molar-refractivity contribution is 0.0667. The fourth-order valence-corrected chi connectivity index (χ4v) is 3.69. The van der Waals surface area contributed by atoms with Gasteiger partial charge in [-0.2, -0.15) is 0 Å². The summed E-state index contributed by atoms with van der Waals surface area (Å²) < 4.78 is 0. The molecule has 5 nitrogen and oxygen atoms in total. The predicted octanol–water partition coefficient (Wildman–Crippen LogP) is 4.09. The molecule has 0 unspecified atom stereocenters. The summed E-state index contributed by atoms with van der Waals surface area (Å²) in [7, 11) is 0. The number of hydrogen-bond acceptors (Lipinski definition) is 4. The number of carbonyl (C=O) groups is 1. The van der Waals surface area contributed by atoms with Crippen molar-refractivity contribution in [2.24, 2.45) is 5.92 Å². The number of anilines is 1. The van der Waals surface area contributed by atoms with E-state index in [0.29, 0.717) is 17.4 Å². The van der Waals surface area contributed by atoms with Crippen molar-refractivity contribution >= 4 is 11.9 Å². The number of nitrogens with one attached hydrogen (secondary N) is 1. The maximum atomic E-state index is 12.8. The van der Waals surface area contributed by atoms with Gasteiger partial charge < -0.3 is 10.2 Å². The second-order valence-corrected chi connectivity index (χ2v) is 7.82. The number of aromatic nitrogens is 2. The number of hydrogen-bond donors (Lipinski definition) is 1. The maximum Gasteiger partial charge on any atom is 0.257 e. The minimum Gasteiger partial charge on any atom is -0.352 e. The maximum absolute atomic E-state index is 12.8. The second kappa shape index (κ2) is 8.98. The molecule has 0 bridgehead atoms. The van der Waals surface area contributed by atoms with Gasteiger partial charge in [0.1, 0.15) is 0 Å². The third-order valence-electron chi connectivity index (χ3n) is 5.21. The lowest BCUT2D eigenvalue weighted by atomic mass is 9.90. The Balaban J connectivity index is 1.57. The molecule has 1 aliphatic rings. The van der Waals surface area contributed by atoms with Gasteiger partial charge in [-0.05, 0) is 63.5 Å². The zero-order valence-electron chi connectivity index (χ0n) is 16.6. The van der Waals surface area contributed by atoms with Crippen LogP contribution in [0.3, 0.4) is 0 Å². The van der Waals surface area contributed by atoms with E-state index in [4.69, 9.17) is 0 Å². The molecule has 27 heavy (non-hydrogen) atoms. The highest BCUT2D eigenvalue weighted by molar-refractivity contribution is 5.93. The van der Waals surface area contributed by atoms with Crippen LogP contribution in [0.1, 0.15) is 54.6 Å². The molecular weight excluding hydrogens is 336 g/mol. The SMILES string of the molecule is Cc1ccccc1CC[C@H]1CCCN(C(=O)c2cnc(NC(C)C)nc2)C1. The molecule has 1 aromatic carbocycles. The fourth-order valence-electron chi connectivity index (χ4n) is 3.69. The molecule has 1 amide bonds. The third-order valence-corrected chi connectivity index (χ3v) is 5.21. The zero-order chi connectivity index (χ0) is 19.2. The van der Waals surface area contributed by atoms with Crippen molar-refractivity contribution in [3.05, 3.63) is 53.3 Å². The molecule has 1 atom stereocenters. The largest absolute Gasteiger partial charge is 0.352 e. The standard InChI is InChI=1S/C22H30N4O/c1-16(2)25-22-23-13-20(14-24-22)21(27)26-12-6-8-18(15-26)10-11-19-9-5-4-7-17(19)3/h4-5,7,9,13-14,16,18H,6,8,10-12,15H2,1-3H3,(H,23,24,25)/t18-/m1/s1. The summed E-state index contributed by atoms with van der Waals surface area (Å²) in [6, 6.07) is 8.85. The van der Waals surface area contributed by atoms with Crippen LogP contribution in [-0.2, 0) is 6.42 Å². The quantitative estimate of drug-likeness (QED) is 0.836. The highest BCUT2D eigenvalue weighted by Gasteiger charge is 2.25. The summed E-state index contributed by atoms with van der Waals surface area (Å²) in [5.74, 6) is 1.17. The van der Waals surface area contributed by atoms with Crippen LogP contribution in [0.2, 0.25) is 0 Å². The number of rotatable bonds is 6. The molecule has 0 spiro atoms. The molecule has 1 fully saturated rings. The summed E-state index contributed by atoms with van der Waals surface area (Å²) in [6.07, 6.45) is 7.75. The Morgan fingerprint density at radius 2 is 2.00 bits per heavy atom. The van der Waals surface area contributed by atoms with Crippen molar-refractivity contribution in [2.75, 3.05) is 18.4 Å². The molecule has 1 N–H and O–H groups in total. The van der Waals surface area contributed by atoms with E-state index in [1.165, 1.54) is 17.5 Å². The van der Waals surface area contributed by atoms with Gasteiger partial charge in [-0.15, -0.1) is 0 Å². The first-order valence-corrected chi connectivity index (χ1v) is 9.95. The number of carbonyl (C=O) groups excluding carboxylic acids is 1. The lowest BCUT2D eigenvalue weighted by Gasteiger charge is -2.33. The van der Waals surface area contributed by atoms with E-state index < -0.39 is 0 Å². The predicted molar refractivity (Wildman–Crippen MR) is 109 cm³/mol. The number of aryl methyl sites for hydroxylation is 2. The van der Waals surface area contributed by atoms with Crippen LogP contribution in [0.15, 0.2) is 36.7 Å². The average molecular weight is 367 g/mol. The Morgan fingerprint density at radius 1 is 1.26 bits per heavy atom. The summed E-state index contributed by atoms with van der Waals surface area (Å²) >= 11 is 0. The fraction of sp³-hybridized carbons (Fsp3) is 0.500. The first kappa shape index (κ1) is 19.3. The Labute approximate surface area is 162 Å². The van der Waals surface area contributed by atoms with Gasteiger partial charge in [0.05, 0.1) is 5.56 Å². The van der Waals surface area contributed by atoms with E-state index in [9.17, 15) is 4.79 Å². The molecule has 1 aliphatic heterocycles. The Morgan fingerprint density at radius 3 is 2.70 bits per heavy atom. The van der Waals surface area contributed by atoms with Crippen LogP contribution >= 0.6 is 0 Å². The van der Waals surface area contributed by atoms with Crippen molar-refractivity contribution < 1.29 is 4.79 Å². The Hall–Kier alpha value is -2.43. The van der Waals surface area contributed by atoms with Crippen molar-refractivity contribution in [2.45, 2.75) is 52.5 Å². The summed E-state index contributed by atoms with van der Waals surface area (Å²) in [4.78, 5) is 23.3. The minimum absolute atomic E-state index is 0.0479. The molecule has 1 saturated heterocycles. The van der Waals surface area contributed by atoms with Gasteiger partial charge in [-0.3, -0.25) is 4.79 Å². The van der Waals surface area contributed by atoms with Crippen molar-refractivity contribution in [1.82, 2.24) is 14.9 Å². The van der Waals surface area contributed by atoms with Gasteiger partial charge in [0, 0.05) is 31.5 Å². The van der Waals surface area contributed by atoms with Gasteiger partial charge >= 0.3 is 0 Å². The van der Waals surface area contributed by atoms with E-state index >= 15 is 0 Å². The van der Waals surface area contributed by atoms with Crippen LogP contribution in [0.4, 0.5) is 5.95 Å². The Bertz CT molecular complexity index is 757. The van der Waals surface area contributed by atoms with Gasteiger partial charge in [0.25, 0.3) is 5.91 Å². The van der Waals surface area contributed by atoms with Gasteiger partial charge in [-0.1, -0.05) is 24.3 Å². The summed E-state index contributed by atoms with van der Waals surface area (Å²) in [6.45, 7) is 7.90. The Kier molecular flexibility index (Phi) is 6.43. The number of piperidine rings is 1. The van der Waals surface area contributed by atoms with Crippen LogP contribution in [0.25, 0.3) is 0 Å². The number of amides is 1. The third kappa shape index (κ3) is 5.28. The van der Waals surface area contributed by atoms with E-state index in [1.807, 2.05) is 18.7 Å². The number of nitrogens with zero attached hydrogens (tertiary/aromatic N) is 3. The average Bonchev–Trinajstić information content (AvgIpc) is 2.67. The van der Waals surface area contributed by atoms with Crippen LogP contribution in [0.5, 0.6) is 0 Å².